The zero-order valence-electron chi connectivity index (χ0n) is 20.6. The van der Waals surface area contributed by atoms with Gasteiger partial charge in [0.1, 0.15) is 34.4 Å². The minimum absolute atomic E-state index is 0.0386. The number of ether oxygens (including phenoxy) is 3. The maximum Gasteiger partial charge on any atom is 0.348 e. The molecule has 3 heterocycles. The van der Waals surface area contributed by atoms with Crippen molar-refractivity contribution in [2.45, 2.75) is 19.9 Å². The highest BCUT2D eigenvalue weighted by Gasteiger charge is 2.25. The second-order valence-electron chi connectivity index (χ2n) is 8.58. The molecule has 1 unspecified atom stereocenters. The van der Waals surface area contributed by atoms with Crippen LogP contribution in [0.15, 0.2) is 59.7 Å². The van der Waals surface area contributed by atoms with Crippen molar-refractivity contribution in [1.29, 1.82) is 0 Å². The Kier molecular flexibility index (Phi) is 6.93. The van der Waals surface area contributed by atoms with Gasteiger partial charge >= 0.3 is 5.97 Å². The summed E-state index contributed by atoms with van der Waals surface area (Å²) in [7, 11) is 0. The monoisotopic (exact) mass is 533 g/mol. The normalized spacial score (nSPS) is 13.3. The molecule has 1 aliphatic heterocycles. The number of esters is 1. The Morgan fingerprint density at radius 1 is 1.16 bits per heavy atom. The average Bonchev–Trinajstić information content (AvgIpc) is 3.27. The van der Waals surface area contributed by atoms with Gasteiger partial charge in [-0.3, -0.25) is 19.0 Å². The molecule has 0 radical (unpaired) electrons. The van der Waals surface area contributed by atoms with Gasteiger partial charge in [-0.15, -0.1) is 11.3 Å². The second kappa shape index (κ2) is 10.5. The van der Waals surface area contributed by atoms with Crippen molar-refractivity contribution < 1.29 is 28.6 Å². The van der Waals surface area contributed by atoms with Gasteiger partial charge < -0.3 is 19.5 Å². The number of thiophene rings is 1. The zero-order chi connectivity index (χ0) is 26.8. The first-order valence-corrected chi connectivity index (χ1v) is 12.6. The van der Waals surface area contributed by atoms with Crippen LogP contribution in [-0.4, -0.2) is 47.0 Å². The van der Waals surface area contributed by atoms with E-state index >= 15 is 0 Å². The number of hydrogen-bond donors (Lipinski definition) is 1. The molecular formula is C27H23N3O7S. The highest BCUT2D eigenvalue weighted by molar-refractivity contribution is 7.20. The van der Waals surface area contributed by atoms with Crippen molar-refractivity contribution >= 4 is 44.9 Å². The van der Waals surface area contributed by atoms with Crippen LogP contribution >= 0.6 is 11.3 Å². The number of hydrogen-bond acceptors (Lipinski definition) is 9. The lowest BCUT2D eigenvalue weighted by molar-refractivity contribution is -0.118. The third-order valence-corrected chi connectivity index (χ3v) is 7.26. The van der Waals surface area contributed by atoms with Crippen molar-refractivity contribution in [3.05, 3.63) is 81.2 Å². The standard InChI is InChI=1S/C27H23N3O7S/c1-15-22-25(38-24(15)27(34)36-11-10-35-18-6-4-3-5-7-18)28-14-30(26(22)33)16(2)23(32)17-8-9-20-19(12-17)29-21(31)13-37-20/h3-9,12,14,16H,10-11,13H2,1-2H3,(H,29,31). The topological polar surface area (TPSA) is 126 Å². The summed E-state index contributed by atoms with van der Waals surface area (Å²) in [6.07, 6.45) is 1.30. The highest BCUT2D eigenvalue weighted by Crippen LogP contribution is 2.31. The maximum atomic E-state index is 13.4. The first kappa shape index (κ1) is 25.2. The molecule has 0 spiro atoms. The molecule has 0 bridgehead atoms. The molecule has 0 saturated carbocycles. The van der Waals surface area contributed by atoms with Crippen LogP contribution in [0.1, 0.15) is 38.6 Å². The molecular weight excluding hydrogens is 510 g/mol. The van der Waals surface area contributed by atoms with E-state index in [1.807, 2.05) is 18.2 Å². The zero-order valence-corrected chi connectivity index (χ0v) is 21.4. The molecule has 5 rings (SSSR count). The van der Waals surface area contributed by atoms with E-state index in [9.17, 15) is 19.2 Å². The van der Waals surface area contributed by atoms with E-state index in [1.54, 1.807) is 38.1 Å². The highest BCUT2D eigenvalue weighted by atomic mass is 32.1. The minimum Gasteiger partial charge on any atom is -0.490 e. The SMILES string of the molecule is Cc1c(C(=O)OCCOc2ccccc2)sc2ncn(C(C)C(=O)c3ccc4c(c3)NC(=O)CO4)c(=O)c12. The number of rotatable bonds is 8. The smallest absolute Gasteiger partial charge is 0.348 e. The van der Waals surface area contributed by atoms with Crippen LogP contribution in [0.5, 0.6) is 11.5 Å². The fraction of sp³-hybridized carbons (Fsp3) is 0.222. The van der Waals surface area contributed by atoms with Crippen molar-refractivity contribution in [2.75, 3.05) is 25.1 Å². The quantitative estimate of drug-likeness (QED) is 0.206. The van der Waals surface area contributed by atoms with E-state index < -0.39 is 17.6 Å². The van der Waals surface area contributed by atoms with Gasteiger partial charge in [0.15, 0.2) is 12.4 Å². The average molecular weight is 534 g/mol. The first-order valence-electron chi connectivity index (χ1n) is 11.8. The summed E-state index contributed by atoms with van der Waals surface area (Å²) in [6, 6.07) is 13.0. The molecule has 2 aromatic carbocycles. The maximum absolute atomic E-state index is 13.4. The van der Waals surface area contributed by atoms with Gasteiger partial charge in [-0.05, 0) is 49.7 Å². The molecule has 194 valence electrons. The molecule has 1 N–H and O–H groups in total. The minimum atomic E-state index is -0.887. The van der Waals surface area contributed by atoms with E-state index in [-0.39, 0.29) is 41.8 Å². The van der Waals surface area contributed by atoms with Crippen molar-refractivity contribution in [3.8, 4) is 11.5 Å². The van der Waals surface area contributed by atoms with E-state index in [4.69, 9.17) is 14.2 Å². The Labute approximate surface area is 220 Å². The van der Waals surface area contributed by atoms with Gasteiger partial charge in [0, 0.05) is 5.56 Å². The Morgan fingerprint density at radius 2 is 1.95 bits per heavy atom. The number of aryl methyl sites for hydroxylation is 1. The summed E-state index contributed by atoms with van der Waals surface area (Å²) in [5, 5.41) is 2.93. The molecule has 4 aromatic rings. The van der Waals surface area contributed by atoms with E-state index in [2.05, 4.69) is 10.3 Å². The number of para-hydroxylation sites is 1. The molecule has 1 atom stereocenters. The van der Waals surface area contributed by atoms with Crippen LogP contribution < -0.4 is 20.3 Å². The molecule has 10 nitrogen and oxygen atoms in total. The number of fused-ring (bicyclic) bond motifs is 2. The molecule has 1 amide bonds. The van der Waals surface area contributed by atoms with E-state index in [0.717, 1.165) is 11.3 Å². The molecule has 2 aromatic heterocycles. The molecule has 0 saturated heterocycles. The lowest BCUT2D eigenvalue weighted by Gasteiger charge is -2.19. The Bertz CT molecular complexity index is 1610. The molecule has 11 heteroatoms. The van der Waals surface area contributed by atoms with Gasteiger partial charge in [-0.1, -0.05) is 18.2 Å². The number of benzene rings is 2. The first-order chi connectivity index (χ1) is 18.3. The predicted molar refractivity (Wildman–Crippen MR) is 140 cm³/mol. The Balaban J connectivity index is 1.33. The molecule has 0 fully saturated rings. The van der Waals surface area contributed by atoms with Crippen LogP contribution in [0.4, 0.5) is 5.69 Å². The van der Waals surface area contributed by atoms with Gasteiger partial charge in [-0.2, -0.15) is 0 Å². The molecule has 1 aliphatic rings. The van der Waals surface area contributed by atoms with Crippen molar-refractivity contribution in [3.63, 3.8) is 0 Å². The summed E-state index contributed by atoms with van der Waals surface area (Å²) in [6.45, 7) is 3.38. The van der Waals surface area contributed by atoms with Gasteiger partial charge in [-0.25, -0.2) is 9.78 Å². The molecule has 38 heavy (non-hydrogen) atoms. The summed E-state index contributed by atoms with van der Waals surface area (Å²) >= 11 is 1.06. The van der Waals surface area contributed by atoms with Gasteiger partial charge in [0.2, 0.25) is 0 Å². The van der Waals surface area contributed by atoms with Crippen LogP contribution in [-0.2, 0) is 9.53 Å². The summed E-state index contributed by atoms with van der Waals surface area (Å²) in [5.74, 6) is -0.0955. The third-order valence-electron chi connectivity index (χ3n) is 6.08. The summed E-state index contributed by atoms with van der Waals surface area (Å²) in [5.41, 5.74) is 0.703. The number of anilines is 1. The largest absolute Gasteiger partial charge is 0.490 e. The van der Waals surface area contributed by atoms with E-state index in [1.165, 1.54) is 17.0 Å². The number of carbonyl (C=O) groups excluding carboxylic acids is 3. The lowest BCUT2D eigenvalue weighted by atomic mass is 10.0. The fourth-order valence-electron chi connectivity index (χ4n) is 4.09. The third kappa shape index (κ3) is 4.88. The summed E-state index contributed by atoms with van der Waals surface area (Å²) in [4.78, 5) is 55.9. The summed E-state index contributed by atoms with van der Waals surface area (Å²) < 4.78 is 17.5. The van der Waals surface area contributed by atoms with Gasteiger partial charge in [0.25, 0.3) is 11.5 Å². The fourth-order valence-corrected chi connectivity index (χ4v) is 5.12. The van der Waals surface area contributed by atoms with Crippen LogP contribution in [0.2, 0.25) is 0 Å². The number of nitrogens with zero attached hydrogens (tertiary/aromatic N) is 2. The lowest BCUT2D eigenvalue weighted by Crippen LogP contribution is -2.29. The number of aromatic nitrogens is 2. The van der Waals surface area contributed by atoms with Crippen LogP contribution in [0, 0.1) is 6.92 Å². The predicted octanol–water partition coefficient (Wildman–Crippen LogP) is 3.78. The second-order valence-corrected chi connectivity index (χ2v) is 9.58. The van der Waals surface area contributed by atoms with Crippen LogP contribution in [0.25, 0.3) is 10.2 Å². The Hall–Kier alpha value is -4.51. The van der Waals surface area contributed by atoms with Crippen molar-refractivity contribution in [2.24, 2.45) is 0 Å². The van der Waals surface area contributed by atoms with E-state index in [0.29, 0.717) is 33.1 Å². The number of carbonyl (C=O) groups is 3. The molecule has 0 aliphatic carbocycles. The van der Waals surface area contributed by atoms with Gasteiger partial charge in [0.05, 0.1) is 23.4 Å². The van der Waals surface area contributed by atoms with Crippen LogP contribution in [0.3, 0.4) is 0 Å². The number of ketones is 1. The number of amides is 1. The Morgan fingerprint density at radius 3 is 2.74 bits per heavy atom. The number of Topliss-reactive ketones (excluding diaryl/α,β-unsaturated/α-hetero) is 1. The number of nitrogens with one attached hydrogen (secondary N) is 1. The van der Waals surface area contributed by atoms with Crippen molar-refractivity contribution in [1.82, 2.24) is 9.55 Å².